The fourth-order valence-electron chi connectivity index (χ4n) is 4.49. The maximum atomic E-state index is 12.8. The first kappa shape index (κ1) is 22.6. The van der Waals surface area contributed by atoms with Crippen LogP contribution in [0, 0.1) is 6.92 Å². The predicted molar refractivity (Wildman–Crippen MR) is 121 cm³/mol. The van der Waals surface area contributed by atoms with Crippen molar-refractivity contribution in [2.75, 3.05) is 19.8 Å². The second kappa shape index (κ2) is 10.3. The zero-order chi connectivity index (χ0) is 22.5. The van der Waals surface area contributed by atoms with Crippen molar-refractivity contribution < 1.29 is 9.84 Å². The first-order valence-corrected chi connectivity index (χ1v) is 11.4. The summed E-state index contributed by atoms with van der Waals surface area (Å²) in [5.74, 6) is 0.772. The molecule has 2 aromatic heterocycles. The summed E-state index contributed by atoms with van der Waals surface area (Å²) in [6, 6.07) is 7.90. The van der Waals surface area contributed by atoms with Gasteiger partial charge < -0.3 is 14.8 Å². The monoisotopic (exact) mass is 440 g/mol. The number of rotatable bonds is 10. The van der Waals surface area contributed by atoms with Crippen molar-refractivity contribution >= 4 is 10.9 Å². The van der Waals surface area contributed by atoms with E-state index in [9.17, 15) is 9.90 Å². The fourth-order valence-corrected chi connectivity index (χ4v) is 4.49. The van der Waals surface area contributed by atoms with Crippen LogP contribution in [0.3, 0.4) is 0 Å². The maximum Gasteiger partial charge on any atom is 0.252 e. The van der Waals surface area contributed by atoms with E-state index < -0.39 is 0 Å². The van der Waals surface area contributed by atoms with E-state index in [0.29, 0.717) is 31.6 Å². The summed E-state index contributed by atoms with van der Waals surface area (Å²) < 4.78 is 7.61. The highest BCUT2D eigenvalue weighted by molar-refractivity contribution is 5.79. The van der Waals surface area contributed by atoms with Crippen LogP contribution >= 0.6 is 0 Å². The van der Waals surface area contributed by atoms with Gasteiger partial charge in [-0.05, 0) is 66.6 Å². The predicted octanol–water partition coefficient (Wildman–Crippen LogP) is 2.34. The second-order valence-corrected chi connectivity index (χ2v) is 8.54. The highest BCUT2D eigenvalue weighted by atomic mass is 16.5. The van der Waals surface area contributed by atoms with E-state index in [4.69, 9.17) is 4.74 Å². The average Bonchev–Trinajstić information content (AvgIpc) is 3.46. The lowest BCUT2D eigenvalue weighted by molar-refractivity contribution is 0.0888. The minimum Gasteiger partial charge on any atom is -0.396 e. The zero-order valence-electron chi connectivity index (χ0n) is 18.8. The smallest absolute Gasteiger partial charge is 0.252 e. The summed E-state index contributed by atoms with van der Waals surface area (Å²) in [7, 11) is 0. The van der Waals surface area contributed by atoms with Gasteiger partial charge in [-0.25, -0.2) is 4.68 Å². The Balaban J connectivity index is 1.63. The van der Waals surface area contributed by atoms with E-state index in [1.807, 2.05) is 29.8 Å². The lowest BCUT2D eigenvalue weighted by Gasteiger charge is -2.30. The van der Waals surface area contributed by atoms with E-state index >= 15 is 0 Å². The Kier molecular flexibility index (Phi) is 7.29. The van der Waals surface area contributed by atoms with Gasteiger partial charge in [0.2, 0.25) is 0 Å². The lowest BCUT2D eigenvalue weighted by atomic mass is 10.1. The molecule has 0 radical (unpaired) electrons. The highest BCUT2D eigenvalue weighted by Crippen LogP contribution is 2.26. The number of aryl methyl sites for hydroxylation is 1. The van der Waals surface area contributed by atoms with Gasteiger partial charge in [-0.2, -0.15) is 0 Å². The molecule has 0 spiro atoms. The minimum absolute atomic E-state index is 0.0782. The number of nitrogens with zero attached hydrogens (tertiary/aromatic N) is 5. The molecule has 0 saturated carbocycles. The number of aromatic amines is 1. The van der Waals surface area contributed by atoms with Gasteiger partial charge in [0, 0.05) is 37.4 Å². The Hall–Kier alpha value is -2.62. The molecule has 9 heteroatoms. The fraction of sp³-hybridized carbons (Fsp3) is 0.565. The number of benzene rings is 1. The first-order chi connectivity index (χ1) is 15.6. The summed E-state index contributed by atoms with van der Waals surface area (Å²) >= 11 is 0. The number of pyridine rings is 1. The van der Waals surface area contributed by atoms with Crippen LogP contribution in [-0.4, -0.2) is 61.1 Å². The van der Waals surface area contributed by atoms with Gasteiger partial charge in [0.05, 0.1) is 18.7 Å². The zero-order valence-corrected chi connectivity index (χ0v) is 18.8. The normalized spacial score (nSPS) is 17.4. The third kappa shape index (κ3) is 5.06. The number of nitrogens with one attached hydrogen (secondary N) is 1. The minimum atomic E-state index is -0.0934. The number of aromatic nitrogens is 5. The van der Waals surface area contributed by atoms with Crippen molar-refractivity contribution in [3.05, 3.63) is 51.6 Å². The van der Waals surface area contributed by atoms with Crippen molar-refractivity contribution in [1.82, 2.24) is 30.1 Å². The topological polar surface area (TPSA) is 109 Å². The largest absolute Gasteiger partial charge is 0.396 e. The SMILES string of the molecule is CCC(c1nnnn1CC1CCCO1)N(CCCO)Cc1cc2cc(C)ccc2[nH]c1=O. The molecule has 1 aliphatic rings. The number of tetrazole rings is 1. The van der Waals surface area contributed by atoms with Gasteiger partial charge in [-0.3, -0.25) is 9.69 Å². The molecule has 1 aromatic carbocycles. The van der Waals surface area contributed by atoms with Crippen molar-refractivity contribution in [3.63, 3.8) is 0 Å². The Morgan fingerprint density at radius 3 is 3.00 bits per heavy atom. The summed E-state index contributed by atoms with van der Waals surface area (Å²) in [5.41, 5.74) is 2.58. The first-order valence-electron chi connectivity index (χ1n) is 11.4. The number of aliphatic hydroxyl groups excluding tert-OH is 1. The van der Waals surface area contributed by atoms with Crippen LogP contribution in [0.4, 0.5) is 0 Å². The van der Waals surface area contributed by atoms with Crippen LogP contribution in [0.5, 0.6) is 0 Å². The van der Waals surface area contributed by atoms with Crippen LogP contribution in [0.1, 0.15) is 55.6 Å². The molecular weight excluding hydrogens is 408 g/mol. The molecule has 3 aromatic rings. The summed E-state index contributed by atoms with van der Waals surface area (Å²) in [6.07, 6.45) is 3.59. The van der Waals surface area contributed by atoms with E-state index in [-0.39, 0.29) is 24.3 Å². The van der Waals surface area contributed by atoms with Crippen LogP contribution < -0.4 is 5.56 Å². The molecule has 1 saturated heterocycles. The third-order valence-electron chi connectivity index (χ3n) is 6.14. The quantitative estimate of drug-likeness (QED) is 0.498. The van der Waals surface area contributed by atoms with Gasteiger partial charge in [0.15, 0.2) is 5.82 Å². The van der Waals surface area contributed by atoms with Gasteiger partial charge in [-0.1, -0.05) is 18.6 Å². The molecule has 32 heavy (non-hydrogen) atoms. The average molecular weight is 441 g/mol. The molecule has 2 N–H and O–H groups in total. The molecule has 1 fully saturated rings. The van der Waals surface area contributed by atoms with Gasteiger partial charge in [0.25, 0.3) is 5.56 Å². The molecular formula is C23H32N6O3. The van der Waals surface area contributed by atoms with Crippen molar-refractivity contribution in [2.24, 2.45) is 0 Å². The number of ether oxygens (including phenoxy) is 1. The van der Waals surface area contributed by atoms with E-state index in [0.717, 1.165) is 48.2 Å². The van der Waals surface area contributed by atoms with Crippen molar-refractivity contribution in [3.8, 4) is 0 Å². The van der Waals surface area contributed by atoms with Gasteiger partial charge in [0.1, 0.15) is 0 Å². The van der Waals surface area contributed by atoms with Crippen molar-refractivity contribution in [1.29, 1.82) is 0 Å². The molecule has 3 heterocycles. The summed E-state index contributed by atoms with van der Waals surface area (Å²) in [5, 5.41) is 23.0. The second-order valence-electron chi connectivity index (χ2n) is 8.54. The van der Waals surface area contributed by atoms with Crippen LogP contribution in [0.15, 0.2) is 29.1 Å². The number of hydrogen-bond donors (Lipinski definition) is 2. The molecule has 2 unspecified atom stereocenters. The highest BCUT2D eigenvalue weighted by Gasteiger charge is 2.27. The number of aliphatic hydroxyl groups is 1. The Bertz CT molecular complexity index is 1090. The van der Waals surface area contributed by atoms with Crippen LogP contribution in [0.2, 0.25) is 0 Å². The molecule has 0 amide bonds. The standard InChI is InChI=1S/C23H32N6O3/c1-3-21(22-25-26-27-29(22)15-19-6-4-11-32-19)28(9-5-10-30)14-18-13-17-12-16(2)7-8-20(17)24-23(18)31/h7-8,12-13,19,21,30H,3-6,9-11,14-15H2,1-2H3,(H,24,31). The Morgan fingerprint density at radius 2 is 2.25 bits per heavy atom. The molecule has 4 rings (SSSR count). The summed E-state index contributed by atoms with van der Waals surface area (Å²) in [4.78, 5) is 18.0. The Labute approximate surface area is 187 Å². The van der Waals surface area contributed by atoms with Gasteiger partial charge in [-0.15, -0.1) is 5.10 Å². The molecule has 9 nitrogen and oxygen atoms in total. The lowest BCUT2D eigenvalue weighted by Crippen LogP contribution is -2.34. The molecule has 2 atom stereocenters. The molecule has 0 aliphatic carbocycles. The van der Waals surface area contributed by atoms with E-state index in [2.05, 4.69) is 38.4 Å². The number of H-pyrrole nitrogens is 1. The van der Waals surface area contributed by atoms with Crippen molar-refractivity contribution in [2.45, 2.75) is 64.8 Å². The van der Waals surface area contributed by atoms with Crippen LogP contribution in [-0.2, 0) is 17.8 Å². The molecule has 0 bridgehead atoms. The Morgan fingerprint density at radius 1 is 1.38 bits per heavy atom. The molecule has 1 aliphatic heterocycles. The third-order valence-corrected chi connectivity index (χ3v) is 6.14. The van der Waals surface area contributed by atoms with E-state index in [1.165, 1.54) is 0 Å². The van der Waals surface area contributed by atoms with Crippen LogP contribution in [0.25, 0.3) is 10.9 Å². The number of fused-ring (bicyclic) bond motifs is 1. The maximum absolute atomic E-state index is 12.8. The van der Waals surface area contributed by atoms with Gasteiger partial charge >= 0.3 is 0 Å². The number of hydrogen-bond acceptors (Lipinski definition) is 7. The molecule has 172 valence electrons. The summed E-state index contributed by atoms with van der Waals surface area (Å²) in [6.45, 7) is 6.71. The van der Waals surface area contributed by atoms with E-state index in [1.54, 1.807) is 0 Å².